The van der Waals surface area contributed by atoms with Crippen LogP contribution in [0.4, 0.5) is 0 Å². The maximum absolute atomic E-state index is 14.9. The molecule has 4 aromatic carbocycles. The molecular weight excluding hydrogens is 1180 g/mol. The zero-order valence-electron chi connectivity index (χ0n) is 51.1. The van der Waals surface area contributed by atoms with Crippen molar-refractivity contribution in [2.24, 2.45) is 23.1 Å². The molecule has 0 spiro atoms. The minimum Gasteiger partial charge on any atom is -0.494 e. The van der Waals surface area contributed by atoms with Gasteiger partial charge in [-0.1, -0.05) is 123 Å². The maximum Gasteiger partial charge on any atom is 0.246 e. The van der Waals surface area contributed by atoms with Crippen molar-refractivity contribution >= 4 is 82.6 Å². The highest BCUT2D eigenvalue weighted by atomic mass is 32.2. The van der Waals surface area contributed by atoms with E-state index in [1.54, 1.807) is 67.2 Å². The number of hydrogen-bond acceptors (Lipinski definition) is 15. The summed E-state index contributed by atoms with van der Waals surface area (Å²) in [7, 11) is 0. The van der Waals surface area contributed by atoms with Gasteiger partial charge in [0.05, 0.1) is 32.3 Å². The number of carbonyl (C=O) groups excluding carboxylic acids is 10. The van der Waals surface area contributed by atoms with Crippen LogP contribution >= 0.6 is 23.5 Å². The number of carbonyl (C=O) groups is 10. The van der Waals surface area contributed by atoms with Crippen molar-refractivity contribution in [3.05, 3.63) is 138 Å². The van der Waals surface area contributed by atoms with E-state index in [-0.39, 0.29) is 57.0 Å². The molecule has 0 bridgehead atoms. The van der Waals surface area contributed by atoms with Crippen molar-refractivity contribution in [1.29, 1.82) is 0 Å². The SMILES string of the molecule is CCOc1ccc(C[C@@H](NC(=O)CCSCc2ccccc2)C(=O)N[C@H](C(=O)N[C@H](C(=O)N[C@@H](CC(N)=O)C(=O)N[C@@H](CSCc2ccccc2)C(=O)N2CCC[C@H]2C(=O)NC(CCCN)C(=O)NCC(N)=O)[C@@H](C)OCc2ccccc2)[C@@H](C)CC)cc1. The number of thioether (sulfide) groups is 2. The lowest BCUT2D eigenvalue weighted by Gasteiger charge is -2.32. The molecule has 1 heterocycles. The molecule has 1 saturated heterocycles. The van der Waals surface area contributed by atoms with E-state index in [2.05, 4.69) is 37.2 Å². The number of nitrogens with two attached hydrogens (primary N) is 3. The third kappa shape index (κ3) is 24.8. The van der Waals surface area contributed by atoms with E-state index in [1.807, 2.05) is 80.6 Å². The van der Waals surface area contributed by atoms with Crippen molar-refractivity contribution in [3.8, 4) is 5.75 Å². The zero-order valence-corrected chi connectivity index (χ0v) is 52.7. The quantitative estimate of drug-likeness (QED) is 0.0287. The lowest BCUT2D eigenvalue weighted by atomic mass is 9.96. The number of rotatable bonds is 39. The largest absolute Gasteiger partial charge is 0.494 e. The van der Waals surface area contributed by atoms with E-state index in [0.717, 1.165) is 16.7 Å². The molecule has 5 rings (SSSR count). The second-order valence-corrected chi connectivity index (χ2v) is 23.8. The Balaban J connectivity index is 1.40. The Labute approximate surface area is 529 Å². The lowest BCUT2D eigenvalue weighted by Crippen LogP contribution is -2.63. The van der Waals surface area contributed by atoms with Crippen LogP contribution in [0.2, 0.25) is 0 Å². The Morgan fingerprint density at radius 1 is 0.618 bits per heavy atom. The summed E-state index contributed by atoms with van der Waals surface area (Å²) >= 11 is 2.87. The number of ether oxygens (including phenoxy) is 2. The molecule has 0 saturated carbocycles. The van der Waals surface area contributed by atoms with Gasteiger partial charge in [-0.05, 0) is 86.4 Å². The molecule has 4 aromatic rings. The summed E-state index contributed by atoms with van der Waals surface area (Å²) in [5, 5.41) is 18.9. The minimum absolute atomic E-state index is 0.0210. The van der Waals surface area contributed by atoms with Crippen LogP contribution in [0, 0.1) is 5.92 Å². The smallest absolute Gasteiger partial charge is 0.246 e. The number of hydrogen-bond donors (Lipinski definition) is 10. The molecule has 1 fully saturated rings. The Morgan fingerprint density at radius 2 is 1.20 bits per heavy atom. The first-order valence-corrected chi connectivity index (χ1v) is 32.4. The van der Waals surface area contributed by atoms with Gasteiger partial charge in [-0.25, -0.2) is 0 Å². The molecule has 10 amide bonds. The highest BCUT2D eigenvalue weighted by Gasteiger charge is 2.41. The zero-order chi connectivity index (χ0) is 64.7. The average molecular weight is 1270 g/mol. The molecule has 0 radical (unpaired) electrons. The fourth-order valence-electron chi connectivity index (χ4n) is 9.67. The average Bonchev–Trinajstić information content (AvgIpc) is 4.23. The van der Waals surface area contributed by atoms with Gasteiger partial charge in [-0.15, -0.1) is 0 Å². The molecule has 1 aliphatic rings. The lowest BCUT2D eigenvalue weighted by molar-refractivity contribution is -0.142. The summed E-state index contributed by atoms with van der Waals surface area (Å²) in [6.45, 7) is 7.21. The summed E-state index contributed by atoms with van der Waals surface area (Å²) < 4.78 is 11.8. The highest BCUT2D eigenvalue weighted by molar-refractivity contribution is 7.98. The first-order valence-electron chi connectivity index (χ1n) is 30.1. The van der Waals surface area contributed by atoms with E-state index < -0.39 is 120 Å². The molecule has 89 heavy (non-hydrogen) atoms. The number of amides is 10. The van der Waals surface area contributed by atoms with Crippen molar-refractivity contribution in [1.82, 2.24) is 42.1 Å². The van der Waals surface area contributed by atoms with Gasteiger partial charge in [0, 0.05) is 42.4 Å². The van der Waals surface area contributed by atoms with Crippen LogP contribution in [-0.4, -0.2) is 150 Å². The number of benzene rings is 4. The van der Waals surface area contributed by atoms with Gasteiger partial charge < -0.3 is 68.8 Å². The van der Waals surface area contributed by atoms with Crippen LogP contribution in [0.3, 0.4) is 0 Å². The van der Waals surface area contributed by atoms with Crippen LogP contribution in [0.5, 0.6) is 5.75 Å². The number of likely N-dealkylation sites (tertiary alicyclic amines) is 1. The molecule has 9 atom stereocenters. The second kappa shape index (κ2) is 38.4. The molecule has 0 aliphatic carbocycles. The van der Waals surface area contributed by atoms with Crippen molar-refractivity contribution in [2.75, 3.05) is 37.7 Å². The van der Waals surface area contributed by atoms with E-state index in [9.17, 15) is 47.9 Å². The Bertz CT molecular complexity index is 2940. The standard InChI is InChI=1S/C64H87N11O12S2/c1-5-41(3)56(73-60(81)49(34-43-26-28-47(29-27-43)86-6-2)69-55(78)30-33-88-38-45-20-12-8-13-21-45)62(83)74-57(42(4)87-37-44-18-10-7-11-19-44)63(84)71-50(35-53(66)76)59(80)72-51(40-89-39-46-22-14-9-15-23-46)64(85)75-32-17-25-52(75)61(82)70-48(24-16-31-65)58(79)68-36-54(67)77/h7-15,18-23,26-29,41-42,48-52,56-57H,5-6,16-17,24-25,30-40,65H2,1-4H3,(H2,66,76)(H2,67,77)(H,68,79)(H,69,78)(H,70,82)(H,71,84)(H,72,80)(H,73,81)(H,74,83)/t41-,42+,48?,49+,50-,51-,52-,56-,57-/m0/s1. The van der Waals surface area contributed by atoms with Crippen molar-refractivity contribution in [3.63, 3.8) is 0 Å². The van der Waals surface area contributed by atoms with Crippen LogP contribution < -0.4 is 59.2 Å². The fourth-order valence-corrected chi connectivity index (χ4v) is 11.6. The summed E-state index contributed by atoms with van der Waals surface area (Å²) in [5.41, 5.74) is 20.1. The van der Waals surface area contributed by atoms with Crippen LogP contribution in [-0.2, 0) is 77.2 Å². The van der Waals surface area contributed by atoms with E-state index in [4.69, 9.17) is 26.7 Å². The highest BCUT2D eigenvalue weighted by Crippen LogP contribution is 2.23. The van der Waals surface area contributed by atoms with Gasteiger partial charge in [-0.2, -0.15) is 23.5 Å². The molecule has 23 nitrogen and oxygen atoms in total. The molecular formula is C64H87N11O12S2. The normalized spacial score (nSPS) is 15.5. The molecule has 1 unspecified atom stereocenters. The third-order valence-electron chi connectivity index (χ3n) is 14.8. The summed E-state index contributed by atoms with van der Waals surface area (Å²) in [6, 6.07) is 25.9. The first kappa shape index (κ1) is 71.8. The molecule has 13 N–H and O–H groups in total. The molecule has 1 aliphatic heterocycles. The Kier molecular flexibility index (Phi) is 31.0. The molecule has 25 heteroatoms. The first-order chi connectivity index (χ1) is 42.8. The number of nitrogens with one attached hydrogen (secondary N) is 7. The Hall–Kier alpha value is -8.00. The van der Waals surface area contributed by atoms with Gasteiger partial charge in [-0.3, -0.25) is 47.9 Å². The van der Waals surface area contributed by atoms with Gasteiger partial charge >= 0.3 is 0 Å². The minimum atomic E-state index is -1.73. The predicted molar refractivity (Wildman–Crippen MR) is 342 cm³/mol. The summed E-state index contributed by atoms with van der Waals surface area (Å²) in [5.74, 6) is -6.01. The fraction of sp³-hybridized carbons (Fsp3) is 0.469. The van der Waals surface area contributed by atoms with E-state index >= 15 is 0 Å². The monoisotopic (exact) mass is 1270 g/mol. The van der Waals surface area contributed by atoms with E-state index in [0.29, 0.717) is 54.4 Å². The predicted octanol–water partition coefficient (Wildman–Crippen LogP) is 2.65. The second-order valence-electron chi connectivity index (χ2n) is 21.7. The van der Waals surface area contributed by atoms with Gasteiger partial charge in [0.1, 0.15) is 48.0 Å². The van der Waals surface area contributed by atoms with Gasteiger partial charge in [0.2, 0.25) is 59.1 Å². The Morgan fingerprint density at radius 3 is 1.80 bits per heavy atom. The van der Waals surface area contributed by atoms with Gasteiger partial charge in [0.25, 0.3) is 0 Å². The summed E-state index contributed by atoms with van der Waals surface area (Å²) in [6.07, 6.45) is -0.303. The van der Waals surface area contributed by atoms with Crippen LogP contribution in [0.15, 0.2) is 115 Å². The van der Waals surface area contributed by atoms with Crippen molar-refractivity contribution < 1.29 is 57.4 Å². The van der Waals surface area contributed by atoms with E-state index in [1.165, 1.54) is 23.6 Å². The van der Waals surface area contributed by atoms with Crippen LogP contribution in [0.1, 0.15) is 94.9 Å². The van der Waals surface area contributed by atoms with Crippen molar-refractivity contribution in [2.45, 2.75) is 146 Å². The van der Waals surface area contributed by atoms with Crippen LogP contribution in [0.25, 0.3) is 0 Å². The van der Waals surface area contributed by atoms with Gasteiger partial charge in [0.15, 0.2) is 0 Å². The topological polar surface area (TPSA) is 355 Å². The molecule has 0 aromatic heterocycles. The molecule has 482 valence electrons. The third-order valence-corrected chi connectivity index (χ3v) is 16.9. The summed E-state index contributed by atoms with van der Waals surface area (Å²) in [4.78, 5) is 140. The number of primary amides is 2. The number of nitrogens with zero attached hydrogens (tertiary/aromatic N) is 1. The maximum atomic E-state index is 14.9.